The van der Waals surface area contributed by atoms with E-state index in [1.807, 2.05) is 4.98 Å². The molecule has 2 amide bonds. The number of ether oxygens (including phenoxy) is 3. The summed E-state index contributed by atoms with van der Waals surface area (Å²) in [4.78, 5) is 50.9. The molecule has 17 nitrogen and oxygen atoms in total. The second-order valence-electron chi connectivity index (χ2n) is 9.48. The second-order valence-corrected chi connectivity index (χ2v) is 10.5. The highest BCUT2D eigenvalue weighted by Gasteiger charge is 2.51. The molecule has 8 N–H and O–H groups in total. The predicted molar refractivity (Wildman–Crippen MR) is 131 cm³/mol. The third-order valence-electron chi connectivity index (χ3n) is 6.65. The van der Waals surface area contributed by atoms with Crippen LogP contribution in [0.5, 0.6) is 0 Å². The molecule has 4 heterocycles. The summed E-state index contributed by atoms with van der Waals surface area (Å²) in [5.41, 5.74) is 3.88. The smallest absolute Gasteiger partial charge is 0.330 e. The van der Waals surface area contributed by atoms with Crippen molar-refractivity contribution in [2.45, 2.75) is 61.8 Å². The van der Waals surface area contributed by atoms with Gasteiger partial charge in [0.05, 0.1) is 6.61 Å². The molecule has 0 spiro atoms. The summed E-state index contributed by atoms with van der Waals surface area (Å²) in [5, 5.41) is 52.8. The third kappa shape index (κ3) is 5.55. The first kappa shape index (κ1) is 28.0. The lowest BCUT2D eigenvalue weighted by molar-refractivity contribution is -0.239. The summed E-state index contributed by atoms with van der Waals surface area (Å²) in [5.74, 6) is -3.39. The fourth-order valence-corrected chi connectivity index (χ4v) is 5.30. The number of anilines is 1. The molecule has 3 aliphatic rings. The molecule has 8 atom stereocenters. The van der Waals surface area contributed by atoms with Crippen molar-refractivity contribution >= 4 is 28.3 Å². The number of hydrogen-bond acceptors (Lipinski definition) is 14. The van der Waals surface area contributed by atoms with E-state index >= 15 is 0 Å². The Labute approximate surface area is 227 Å². The van der Waals surface area contributed by atoms with Crippen molar-refractivity contribution in [2.75, 3.05) is 11.9 Å². The number of aromatic amines is 1. The van der Waals surface area contributed by atoms with Crippen molar-refractivity contribution in [3.8, 4) is 0 Å². The molecule has 2 aromatic rings. The number of aromatic nitrogens is 4. The van der Waals surface area contributed by atoms with E-state index in [2.05, 4.69) is 15.5 Å². The lowest BCUT2D eigenvalue weighted by atomic mass is 9.94. The number of carbonyl (C=O) groups excluding carboxylic acids is 2. The predicted octanol–water partition coefficient (Wildman–Crippen LogP) is -3.40. The second kappa shape index (κ2) is 11.2. The quantitative estimate of drug-likeness (QED) is 0.152. The Kier molecular flexibility index (Phi) is 7.82. The first-order chi connectivity index (χ1) is 19.1. The third-order valence-corrected chi connectivity index (χ3v) is 7.65. The van der Waals surface area contributed by atoms with E-state index in [-0.39, 0.29) is 5.13 Å². The van der Waals surface area contributed by atoms with E-state index in [1.54, 1.807) is 0 Å². The van der Waals surface area contributed by atoms with Crippen LogP contribution in [0.1, 0.15) is 30.0 Å². The topological polar surface area (TPSA) is 261 Å². The van der Waals surface area contributed by atoms with Crippen LogP contribution in [0.25, 0.3) is 0 Å². The maximum atomic E-state index is 12.8. The van der Waals surface area contributed by atoms with E-state index in [0.29, 0.717) is 5.92 Å². The highest BCUT2D eigenvalue weighted by Crippen LogP contribution is 2.42. The van der Waals surface area contributed by atoms with Crippen molar-refractivity contribution in [2.24, 2.45) is 11.7 Å². The van der Waals surface area contributed by atoms with E-state index in [0.717, 1.165) is 40.8 Å². The summed E-state index contributed by atoms with van der Waals surface area (Å²) in [6.07, 6.45) is -7.65. The Morgan fingerprint density at radius 1 is 1.25 bits per heavy atom. The van der Waals surface area contributed by atoms with Gasteiger partial charge in [-0.05, 0) is 18.9 Å². The van der Waals surface area contributed by atoms with Gasteiger partial charge in [-0.25, -0.2) is 4.79 Å². The molecule has 1 saturated carbocycles. The van der Waals surface area contributed by atoms with Crippen LogP contribution in [0.4, 0.5) is 5.13 Å². The Balaban J connectivity index is 1.33. The molecule has 0 unspecified atom stereocenters. The number of H-pyrrole nitrogens is 1. The minimum atomic E-state index is -1.83. The molecule has 40 heavy (non-hydrogen) atoms. The molecule has 2 fully saturated rings. The fraction of sp³-hybridized carbons (Fsp3) is 0.545. The van der Waals surface area contributed by atoms with Crippen molar-refractivity contribution in [1.29, 1.82) is 0 Å². The number of nitrogens with two attached hydrogens (primary N) is 1. The number of rotatable bonds is 9. The van der Waals surface area contributed by atoms with Crippen LogP contribution in [0.15, 0.2) is 33.7 Å². The molecule has 216 valence electrons. The maximum absolute atomic E-state index is 12.8. The number of aliphatic hydroxyl groups excluding tert-OH is 4. The Morgan fingerprint density at radius 3 is 2.65 bits per heavy atom. The first-order valence-electron chi connectivity index (χ1n) is 12.2. The summed E-state index contributed by atoms with van der Waals surface area (Å²) >= 11 is 1.18. The van der Waals surface area contributed by atoms with Crippen LogP contribution in [0.3, 0.4) is 0 Å². The van der Waals surface area contributed by atoms with Crippen molar-refractivity contribution in [3.63, 3.8) is 0 Å². The van der Waals surface area contributed by atoms with Gasteiger partial charge in [-0.15, -0.1) is 10.2 Å². The zero-order valence-corrected chi connectivity index (χ0v) is 21.3. The number of hydrogen-bond donors (Lipinski definition) is 7. The Hall–Kier alpha value is -3.52. The van der Waals surface area contributed by atoms with Crippen LogP contribution >= 0.6 is 11.3 Å². The van der Waals surface area contributed by atoms with Crippen molar-refractivity contribution in [3.05, 3.63) is 49.9 Å². The molecule has 2 aromatic heterocycles. The van der Waals surface area contributed by atoms with Gasteiger partial charge < -0.3 is 40.4 Å². The SMILES string of the molecule is NC(=O)[C@H](O[C@H]1OC(C(=O)Nc2nnc(C3CC3)s2)=C[C@H](O)[C@@H]1O)[C@H]1O[C@@H](n2ccc(=O)[nH]c2=O)[C@H](O)[C@@H]1CO. The maximum Gasteiger partial charge on any atom is 0.330 e. The summed E-state index contributed by atoms with van der Waals surface area (Å²) in [6.45, 7) is -0.747. The molecule has 0 radical (unpaired) electrons. The molecule has 5 rings (SSSR count). The fourth-order valence-electron chi connectivity index (χ4n) is 4.39. The van der Waals surface area contributed by atoms with Gasteiger partial charge in [-0.1, -0.05) is 11.3 Å². The first-order valence-corrected chi connectivity index (χ1v) is 13.0. The highest BCUT2D eigenvalue weighted by molar-refractivity contribution is 7.15. The van der Waals surface area contributed by atoms with Gasteiger partial charge in [0.15, 0.2) is 18.1 Å². The van der Waals surface area contributed by atoms with Gasteiger partial charge in [0.2, 0.25) is 17.3 Å². The molecule has 18 heteroatoms. The van der Waals surface area contributed by atoms with Crippen molar-refractivity contribution in [1.82, 2.24) is 19.7 Å². The van der Waals surface area contributed by atoms with E-state index < -0.39 is 84.4 Å². The highest BCUT2D eigenvalue weighted by atomic mass is 32.1. The van der Waals surface area contributed by atoms with Crippen LogP contribution in [-0.2, 0) is 23.8 Å². The monoisotopic (exact) mass is 582 g/mol. The lowest BCUT2D eigenvalue weighted by Gasteiger charge is -2.35. The number of amides is 2. The summed E-state index contributed by atoms with van der Waals surface area (Å²) in [6, 6.07) is 1.00. The zero-order chi connectivity index (χ0) is 28.7. The Bertz CT molecular complexity index is 1420. The number of carbonyl (C=O) groups is 2. The van der Waals surface area contributed by atoms with Crippen LogP contribution < -0.4 is 22.3 Å². The van der Waals surface area contributed by atoms with E-state index in [9.17, 15) is 39.6 Å². The van der Waals surface area contributed by atoms with Gasteiger partial charge in [0, 0.05) is 24.1 Å². The van der Waals surface area contributed by atoms with E-state index in [4.69, 9.17) is 19.9 Å². The number of nitrogens with one attached hydrogen (secondary N) is 2. The van der Waals surface area contributed by atoms with Crippen LogP contribution in [0, 0.1) is 5.92 Å². The normalized spacial score (nSPS) is 30.8. The molecule has 0 bridgehead atoms. The zero-order valence-electron chi connectivity index (χ0n) is 20.5. The summed E-state index contributed by atoms with van der Waals surface area (Å²) in [7, 11) is 0. The van der Waals surface area contributed by atoms with Gasteiger partial charge in [-0.2, -0.15) is 0 Å². The average molecular weight is 583 g/mol. The Morgan fingerprint density at radius 2 is 2.00 bits per heavy atom. The molecular formula is C22H26N6O11S. The van der Waals surface area contributed by atoms with Crippen LogP contribution in [-0.4, -0.2) is 95.4 Å². The average Bonchev–Trinajstić information content (AvgIpc) is 3.57. The van der Waals surface area contributed by atoms with Gasteiger partial charge in [0.1, 0.15) is 29.4 Å². The van der Waals surface area contributed by atoms with Gasteiger partial charge in [0.25, 0.3) is 11.5 Å². The molecular weight excluding hydrogens is 556 g/mol. The standard InChI is InChI=1S/C22H26N6O11S/c23-16(34)15(14-8(6-29)12(32)19(38-14)28-4-3-11(31)24-22(28)36)39-20-13(33)9(30)5-10(37-20)17(35)25-21-27-26-18(40-21)7-1-2-7/h3-5,7-9,12-15,19-20,29-30,32-33H,1-2,6H2,(H2,23,34)(H,24,31,36)(H,25,27,35)/t8-,9-,12+,13-,14-,15+,19+,20+/m0/s1. The molecule has 0 aromatic carbocycles. The minimum Gasteiger partial charge on any atom is -0.456 e. The van der Waals surface area contributed by atoms with Crippen LogP contribution in [0.2, 0.25) is 0 Å². The number of nitrogens with zero attached hydrogens (tertiary/aromatic N) is 3. The summed E-state index contributed by atoms with van der Waals surface area (Å²) < 4.78 is 17.5. The molecule has 2 aliphatic heterocycles. The van der Waals surface area contributed by atoms with Crippen molar-refractivity contribution < 1.29 is 44.2 Å². The number of primary amides is 1. The lowest BCUT2D eigenvalue weighted by Crippen LogP contribution is -2.52. The van der Waals surface area contributed by atoms with E-state index in [1.165, 1.54) is 11.3 Å². The molecule has 1 saturated heterocycles. The van der Waals surface area contributed by atoms with Gasteiger partial charge >= 0.3 is 5.69 Å². The van der Waals surface area contributed by atoms with Gasteiger partial charge in [-0.3, -0.25) is 29.3 Å². The number of aliphatic hydroxyl groups is 4. The largest absolute Gasteiger partial charge is 0.456 e. The minimum absolute atomic E-state index is 0.187. The molecule has 1 aliphatic carbocycles.